The summed E-state index contributed by atoms with van der Waals surface area (Å²) >= 11 is 3.45. The first-order valence-electron chi connectivity index (χ1n) is 11.3. The number of fused-ring (bicyclic) bond motifs is 1. The summed E-state index contributed by atoms with van der Waals surface area (Å²) in [6.45, 7) is 5.23. The fourth-order valence-corrected chi connectivity index (χ4v) is 4.72. The Labute approximate surface area is 211 Å². The van der Waals surface area contributed by atoms with E-state index in [0.717, 1.165) is 23.0 Å². The minimum atomic E-state index is -0.289. The number of nitrogens with one attached hydrogen (secondary N) is 1. The lowest BCUT2D eigenvalue weighted by molar-refractivity contribution is 0.102. The van der Waals surface area contributed by atoms with E-state index in [9.17, 15) is 9.18 Å². The maximum atomic E-state index is 14.0. The first-order chi connectivity index (χ1) is 16.9. The fraction of sp³-hybridized carbons (Fsp3) is 0.143. The Balaban J connectivity index is 1.38. The summed E-state index contributed by atoms with van der Waals surface area (Å²) < 4.78 is 18.5. The molecule has 0 fully saturated rings. The molecule has 3 aromatic carbocycles. The van der Waals surface area contributed by atoms with Crippen LogP contribution in [0, 0.1) is 19.7 Å². The van der Waals surface area contributed by atoms with Crippen molar-refractivity contribution in [2.75, 3.05) is 5.32 Å². The lowest BCUT2D eigenvalue weighted by atomic mass is 10.1. The molecule has 0 aliphatic carbocycles. The summed E-state index contributed by atoms with van der Waals surface area (Å²) in [7, 11) is 0. The molecule has 1 amide bonds. The van der Waals surface area contributed by atoms with Crippen molar-refractivity contribution in [2.24, 2.45) is 0 Å². The van der Waals surface area contributed by atoms with Crippen LogP contribution >= 0.6 is 15.9 Å². The van der Waals surface area contributed by atoms with Crippen LogP contribution in [0.25, 0.3) is 10.9 Å². The van der Waals surface area contributed by atoms with E-state index in [1.807, 2.05) is 36.4 Å². The van der Waals surface area contributed by atoms with E-state index < -0.39 is 0 Å². The number of nitrogens with zero attached hydrogens (tertiary/aromatic N) is 3. The predicted molar refractivity (Wildman–Crippen MR) is 140 cm³/mol. The van der Waals surface area contributed by atoms with E-state index in [2.05, 4.69) is 56.9 Å². The number of benzene rings is 3. The van der Waals surface area contributed by atoms with Crippen LogP contribution in [0.3, 0.4) is 0 Å². The molecule has 35 heavy (non-hydrogen) atoms. The van der Waals surface area contributed by atoms with Gasteiger partial charge in [-0.2, -0.15) is 5.10 Å². The molecular weight excluding hydrogens is 507 g/mol. The molecular formula is C28H24BrFN4O. The van der Waals surface area contributed by atoms with Gasteiger partial charge in [0.05, 0.1) is 11.0 Å². The number of aromatic nitrogens is 3. The Morgan fingerprint density at radius 3 is 2.51 bits per heavy atom. The summed E-state index contributed by atoms with van der Waals surface area (Å²) in [5.74, 6) is -0.152. The van der Waals surface area contributed by atoms with Gasteiger partial charge in [0, 0.05) is 40.5 Å². The van der Waals surface area contributed by atoms with Gasteiger partial charge in [-0.15, -0.1) is 0 Å². The van der Waals surface area contributed by atoms with Gasteiger partial charge in [0.15, 0.2) is 5.82 Å². The highest BCUT2D eigenvalue weighted by Gasteiger charge is 2.17. The van der Waals surface area contributed by atoms with Gasteiger partial charge in [-0.25, -0.2) is 4.39 Å². The third-order valence-electron chi connectivity index (χ3n) is 6.32. The van der Waals surface area contributed by atoms with Crippen LogP contribution in [0.15, 0.2) is 83.5 Å². The Morgan fingerprint density at radius 2 is 1.74 bits per heavy atom. The molecule has 0 aliphatic heterocycles. The summed E-state index contributed by atoms with van der Waals surface area (Å²) in [6.07, 6.45) is 1.72. The number of hydrogen-bond donors (Lipinski definition) is 1. The molecule has 0 spiro atoms. The lowest BCUT2D eigenvalue weighted by Crippen LogP contribution is -2.13. The third kappa shape index (κ3) is 4.64. The average molecular weight is 531 g/mol. The molecule has 1 N–H and O–H groups in total. The molecule has 5 rings (SSSR count). The van der Waals surface area contributed by atoms with E-state index >= 15 is 0 Å². The van der Waals surface area contributed by atoms with Gasteiger partial charge in [0.1, 0.15) is 5.82 Å². The summed E-state index contributed by atoms with van der Waals surface area (Å²) in [5.41, 5.74) is 5.72. The number of rotatable bonds is 6. The Kier molecular flexibility index (Phi) is 6.26. The molecule has 0 atom stereocenters. The molecule has 0 saturated heterocycles. The number of carbonyl (C=O) groups is 1. The second kappa shape index (κ2) is 9.50. The largest absolute Gasteiger partial charge is 0.340 e. The van der Waals surface area contributed by atoms with Crippen molar-refractivity contribution >= 4 is 38.6 Å². The zero-order valence-electron chi connectivity index (χ0n) is 19.4. The van der Waals surface area contributed by atoms with Gasteiger partial charge in [-0.1, -0.05) is 48.5 Å². The van der Waals surface area contributed by atoms with Crippen molar-refractivity contribution in [1.82, 2.24) is 14.3 Å². The second-order valence-corrected chi connectivity index (χ2v) is 9.44. The fourth-order valence-electron chi connectivity index (χ4n) is 4.30. The van der Waals surface area contributed by atoms with E-state index in [4.69, 9.17) is 0 Å². The van der Waals surface area contributed by atoms with E-state index in [1.165, 1.54) is 17.3 Å². The summed E-state index contributed by atoms with van der Waals surface area (Å²) in [4.78, 5) is 13.1. The summed E-state index contributed by atoms with van der Waals surface area (Å²) in [6, 6.07) is 22.7. The molecule has 0 unspecified atom stereocenters. The normalized spacial score (nSPS) is 11.2. The molecule has 0 bridgehead atoms. The van der Waals surface area contributed by atoms with Crippen LogP contribution < -0.4 is 5.32 Å². The van der Waals surface area contributed by atoms with Gasteiger partial charge in [0.2, 0.25) is 0 Å². The zero-order chi connectivity index (χ0) is 24.5. The van der Waals surface area contributed by atoms with Crippen LogP contribution in [-0.4, -0.2) is 20.3 Å². The van der Waals surface area contributed by atoms with E-state index in [-0.39, 0.29) is 18.3 Å². The number of anilines is 1. The molecule has 0 radical (unpaired) electrons. The van der Waals surface area contributed by atoms with Crippen molar-refractivity contribution in [3.05, 3.63) is 117 Å². The van der Waals surface area contributed by atoms with Gasteiger partial charge in [-0.05, 0) is 65.2 Å². The van der Waals surface area contributed by atoms with Crippen molar-refractivity contribution in [1.29, 1.82) is 0 Å². The molecule has 0 saturated carbocycles. The van der Waals surface area contributed by atoms with E-state index in [1.54, 1.807) is 29.1 Å². The van der Waals surface area contributed by atoms with Gasteiger partial charge in [0.25, 0.3) is 5.91 Å². The molecule has 5 aromatic rings. The van der Waals surface area contributed by atoms with Gasteiger partial charge in [-0.3, -0.25) is 9.48 Å². The summed E-state index contributed by atoms with van der Waals surface area (Å²) in [5, 5.41) is 8.35. The first-order valence-corrected chi connectivity index (χ1v) is 12.1. The number of amides is 1. The minimum Gasteiger partial charge on any atom is -0.340 e. The number of carbonyl (C=O) groups excluding carboxylic acids is 1. The standard InChI is InChI=1S/C28H24BrFN4O/c1-18-19(2)34(15-20-8-4-3-5-9-20)26-13-12-21(14-23(18)26)28(35)31-27-24(29)17-33(32-27)16-22-10-6-7-11-25(22)30/h3-14,17H,15-16H2,1-2H3,(H,31,32,35). The predicted octanol–water partition coefficient (Wildman–Crippen LogP) is 6.71. The SMILES string of the molecule is Cc1c(C)n(Cc2ccccc2)c2ccc(C(=O)Nc3nn(Cc4ccccc4F)cc3Br)cc12. The monoisotopic (exact) mass is 530 g/mol. The highest BCUT2D eigenvalue weighted by atomic mass is 79.9. The molecule has 2 heterocycles. The smallest absolute Gasteiger partial charge is 0.256 e. The molecule has 5 nitrogen and oxygen atoms in total. The van der Waals surface area contributed by atoms with Crippen LogP contribution in [0.5, 0.6) is 0 Å². The number of hydrogen-bond acceptors (Lipinski definition) is 2. The number of aryl methyl sites for hydroxylation is 1. The quantitative estimate of drug-likeness (QED) is 0.265. The van der Waals surface area contributed by atoms with Crippen LogP contribution in [-0.2, 0) is 13.1 Å². The highest BCUT2D eigenvalue weighted by Crippen LogP contribution is 2.28. The van der Waals surface area contributed by atoms with Gasteiger partial charge < -0.3 is 9.88 Å². The van der Waals surface area contributed by atoms with Crippen molar-refractivity contribution in [2.45, 2.75) is 26.9 Å². The van der Waals surface area contributed by atoms with Crippen molar-refractivity contribution in [3.63, 3.8) is 0 Å². The molecule has 7 heteroatoms. The Bertz CT molecular complexity index is 1540. The zero-order valence-corrected chi connectivity index (χ0v) is 21.0. The molecule has 176 valence electrons. The van der Waals surface area contributed by atoms with Crippen LogP contribution in [0.1, 0.15) is 32.7 Å². The van der Waals surface area contributed by atoms with Crippen molar-refractivity contribution < 1.29 is 9.18 Å². The maximum absolute atomic E-state index is 14.0. The van der Waals surface area contributed by atoms with E-state index in [0.29, 0.717) is 21.4 Å². The van der Waals surface area contributed by atoms with Crippen LogP contribution in [0.2, 0.25) is 0 Å². The second-order valence-electron chi connectivity index (χ2n) is 8.58. The highest BCUT2D eigenvalue weighted by molar-refractivity contribution is 9.10. The maximum Gasteiger partial charge on any atom is 0.256 e. The van der Waals surface area contributed by atoms with Crippen molar-refractivity contribution in [3.8, 4) is 0 Å². The molecule has 0 aliphatic rings. The lowest BCUT2D eigenvalue weighted by Gasteiger charge is -2.09. The molecule has 2 aromatic heterocycles. The minimum absolute atomic E-state index is 0.253. The topological polar surface area (TPSA) is 51.9 Å². The Hall–Kier alpha value is -3.71. The number of halogens is 2. The van der Waals surface area contributed by atoms with Gasteiger partial charge >= 0.3 is 0 Å². The Morgan fingerprint density at radius 1 is 1.00 bits per heavy atom. The third-order valence-corrected chi connectivity index (χ3v) is 6.90. The first kappa shape index (κ1) is 23.1. The average Bonchev–Trinajstić information content (AvgIpc) is 3.32. The van der Waals surface area contributed by atoms with Crippen LogP contribution in [0.4, 0.5) is 10.2 Å².